The molecular weight excluding hydrogens is 332 g/mol. The summed E-state index contributed by atoms with van der Waals surface area (Å²) in [7, 11) is -4.87. The van der Waals surface area contributed by atoms with Crippen LogP contribution in [0.15, 0.2) is 6.20 Å². The molecule has 1 fully saturated rings. The fourth-order valence-electron chi connectivity index (χ4n) is 2.86. The highest BCUT2D eigenvalue weighted by molar-refractivity contribution is 7.80. The number of nitrogens with two attached hydrogens (primary N) is 2. The van der Waals surface area contributed by atoms with Crippen molar-refractivity contribution >= 4 is 22.3 Å². The molecule has 3 amide bonds. The fourth-order valence-corrected chi connectivity index (χ4v) is 3.23. The van der Waals surface area contributed by atoms with Gasteiger partial charge in [-0.2, -0.15) is 18.6 Å². The van der Waals surface area contributed by atoms with Gasteiger partial charge in [-0.05, 0) is 0 Å². The first-order valence-corrected chi connectivity index (χ1v) is 7.90. The van der Waals surface area contributed by atoms with Crippen LogP contribution >= 0.6 is 0 Å². The molecule has 3 heterocycles. The zero-order valence-corrected chi connectivity index (χ0v) is 12.5. The average Bonchev–Trinajstić information content (AvgIpc) is 2.93. The molecule has 2 aliphatic heterocycles. The van der Waals surface area contributed by atoms with Gasteiger partial charge in [-0.3, -0.25) is 14.0 Å². The average molecular weight is 346 g/mol. The number of primary amides is 1. The summed E-state index contributed by atoms with van der Waals surface area (Å²) in [6.45, 7) is -0.0195. The van der Waals surface area contributed by atoms with E-state index in [0.717, 1.165) is 0 Å². The molecule has 5 N–H and O–H groups in total. The third-order valence-electron chi connectivity index (χ3n) is 3.67. The lowest BCUT2D eigenvalue weighted by Gasteiger charge is -2.28. The molecule has 2 bridgehead atoms. The van der Waals surface area contributed by atoms with E-state index in [1.807, 2.05) is 0 Å². The van der Waals surface area contributed by atoms with E-state index in [4.69, 9.17) is 16.0 Å². The predicted molar refractivity (Wildman–Crippen MR) is 72.5 cm³/mol. The fraction of sp³-hybridized carbons (Fsp3) is 0.500. The van der Waals surface area contributed by atoms with E-state index < -0.39 is 34.4 Å². The summed E-state index contributed by atoms with van der Waals surface area (Å²) in [5, 5.41) is 4.75. The summed E-state index contributed by atoms with van der Waals surface area (Å²) in [6.07, 6.45) is 1.48. The molecule has 3 rings (SSSR count). The number of carbonyl (C=O) groups is 2. The number of amides is 3. The van der Waals surface area contributed by atoms with Crippen molar-refractivity contribution in [2.45, 2.75) is 18.6 Å². The molecule has 12 nitrogen and oxygen atoms in total. The lowest BCUT2D eigenvalue weighted by Crippen LogP contribution is -2.38. The van der Waals surface area contributed by atoms with Crippen LogP contribution in [0.2, 0.25) is 0 Å². The molecular formula is C10H14N6O6S. The van der Waals surface area contributed by atoms with Gasteiger partial charge in [0.05, 0.1) is 18.3 Å². The van der Waals surface area contributed by atoms with Gasteiger partial charge < -0.3 is 16.4 Å². The van der Waals surface area contributed by atoms with Crippen LogP contribution in [0.4, 0.5) is 4.79 Å². The minimum atomic E-state index is -4.87. The Morgan fingerprint density at radius 3 is 2.78 bits per heavy atom. The predicted octanol–water partition coefficient (Wildman–Crippen LogP) is -2.11. The molecule has 1 aromatic rings. The zero-order valence-electron chi connectivity index (χ0n) is 11.7. The summed E-state index contributed by atoms with van der Waals surface area (Å²) < 4.78 is 36.4. The second-order valence-corrected chi connectivity index (χ2v) is 6.17. The third kappa shape index (κ3) is 2.63. The number of carbonyl (C=O) groups excluding carboxylic acids is 2. The Morgan fingerprint density at radius 2 is 2.22 bits per heavy atom. The molecule has 126 valence electrons. The molecule has 2 unspecified atom stereocenters. The lowest BCUT2D eigenvalue weighted by atomic mass is 9.98. The quantitative estimate of drug-likeness (QED) is 0.508. The second-order valence-electron chi connectivity index (χ2n) is 5.16. The molecule has 1 saturated heterocycles. The van der Waals surface area contributed by atoms with Crippen LogP contribution < -0.4 is 11.5 Å². The number of fused-ring (bicyclic) bond motifs is 4. The normalized spacial score (nSPS) is 23.3. The topological polar surface area (TPSA) is 174 Å². The van der Waals surface area contributed by atoms with Crippen LogP contribution in [0.25, 0.3) is 0 Å². The second kappa shape index (κ2) is 5.16. The summed E-state index contributed by atoms with van der Waals surface area (Å²) in [5.41, 5.74) is 11.7. The Labute approximate surface area is 130 Å². The van der Waals surface area contributed by atoms with Crippen molar-refractivity contribution < 1.29 is 26.8 Å². The molecule has 2 aliphatic rings. The Kier molecular flexibility index (Phi) is 3.51. The number of hydrogen-bond acceptors (Lipinski definition) is 7. The van der Waals surface area contributed by atoms with Crippen LogP contribution in [-0.4, -0.2) is 57.7 Å². The first kappa shape index (κ1) is 15.7. The summed E-state index contributed by atoms with van der Waals surface area (Å²) in [6, 6.07) is -2.15. The number of hydrogen-bond donors (Lipinski definition) is 3. The van der Waals surface area contributed by atoms with Gasteiger partial charge in [-0.1, -0.05) is 0 Å². The highest BCUT2D eigenvalue weighted by Gasteiger charge is 2.51. The number of hydroxylamine groups is 2. The smallest absolute Gasteiger partial charge is 0.368 e. The molecule has 0 radical (unpaired) electrons. The Balaban J connectivity index is 2.03. The van der Waals surface area contributed by atoms with E-state index in [2.05, 4.69) is 9.38 Å². The van der Waals surface area contributed by atoms with Gasteiger partial charge in [0.25, 0.3) is 0 Å². The molecule has 0 aliphatic carbocycles. The van der Waals surface area contributed by atoms with Gasteiger partial charge in [0.15, 0.2) is 0 Å². The van der Waals surface area contributed by atoms with Gasteiger partial charge in [0, 0.05) is 18.3 Å². The number of aromatic nitrogens is 2. The van der Waals surface area contributed by atoms with E-state index in [-0.39, 0.29) is 19.6 Å². The van der Waals surface area contributed by atoms with E-state index in [0.29, 0.717) is 16.3 Å². The van der Waals surface area contributed by atoms with Crippen LogP contribution in [-0.2, 0) is 26.0 Å². The molecule has 23 heavy (non-hydrogen) atoms. The highest BCUT2D eigenvalue weighted by atomic mass is 32.3. The van der Waals surface area contributed by atoms with Crippen LogP contribution in [0.3, 0.4) is 0 Å². The maximum atomic E-state index is 12.3. The van der Waals surface area contributed by atoms with E-state index in [1.54, 1.807) is 0 Å². The minimum absolute atomic E-state index is 0.0404. The molecule has 13 heteroatoms. The highest BCUT2D eigenvalue weighted by Crippen LogP contribution is 2.43. The van der Waals surface area contributed by atoms with Crippen molar-refractivity contribution in [1.29, 1.82) is 0 Å². The minimum Gasteiger partial charge on any atom is -0.368 e. The SMILES string of the molecule is NCC1c2nn(CC(N)=O)cc2C2CN1C(=O)N2OS(=O)(=O)O. The largest absolute Gasteiger partial charge is 0.418 e. The maximum absolute atomic E-state index is 12.3. The number of rotatable bonds is 5. The zero-order chi connectivity index (χ0) is 16.9. The number of urea groups is 1. The van der Waals surface area contributed by atoms with E-state index in [1.165, 1.54) is 15.8 Å². The van der Waals surface area contributed by atoms with Crippen molar-refractivity contribution in [3.8, 4) is 0 Å². The monoisotopic (exact) mass is 346 g/mol. The van der Waals surface area contributed by atoms with Crippen molar-refractivity contribution in [3.05, 3.63) is 17.5 Å². The van der Waals surface area contributed by atoms with Crippen molar-refractivity contribution in [2.24, 2.45) is 11.5 Å². The molecule has 0 saturated carbocycles. The summed E-state index contributed by atoms with van der Waals surface area (Å²) in [4.78, 5) is 24.6. The van der Waals surface area contributed by atoms with Crippen molar-refractivity contribution in [1.82, 2.24) is 19.7 Å². The van der Waals surface area contributed by atoms with Crippen molar-refractivity contribution in [2.75, 3.05) is 13.1 Å². The van der Waals surface area contributed by atoms with Gasteiger partial charge in [0.1, 0.15) is 12.6 Å². The van der Waals surface area contributed by atoms with Gasteiger partial charge >= 0.3 is 16.4 Å². The van der Waals surface area contributed by atoms with Crippen molar-refractivity contribution in [3.63, 3.8) is 0 Å². The Hall–Kier alpha value is -2.22. The molecule has 2 atom stereocenters. The van der Waals surface area contributed by atoms with Gasteiger partial charge in [0.2, 0.25) is 5.91 Å². The Morgan fingerprint density at radius 1 is 1.52 bits per heavy atom. The Bertz CT molecular complexity index is 775. The van der Waals surface area contributed by atoms with Crippen LogP contribution in [0.1, 0.15) is 23.3 Å². The van der Waals surface area contributed by atoms with Gasteiger partial charge in [-0.25, -0.2) is 4.79 Å². The van der Waals surface area contributed by atoms with E-state index in [9.17, 15) is 18.0 Å². The first-order chi connectivity index (χ1) is 10.7. The molecule has 1 aromatic heterocycles. The standard InChI is InChI=1S/C10H14N6O6S/c11-1-6-9-5(2-14(13-9)4-8(12)17)7-3-15(6)10(18)16(7)22-23(19,20)21/h2,6-7H,1,3-4,11H2,(H2,12,17)(H,19,20,21). The summed E-state index contributed by atoms with van der Waals surface area (Å²) in [5.74, 6) is -0.610. The first-order valence-electron chi connectivity index (χ1n) is 6.53. The van der Waals surface area contributed by atoms with Crippen LogP contribution in [0.5, 0.6) is 0 Å². The lowest BCUT2D eigenvalue weighted by molar-refractivity contribution is -0.118. The molecule has 0 spiro atoms. The third-order valence-corrected chi connectivity index (χ3v) is 4.02. The maximum Gasteiger partial charge on any atom is 0.418 e. The van der Waals surface area contributed by atoms with Crippen LogP contribution in [0, 0.1) is 0 Å². The molecule has 0 aromatic carbocycles. The van der Waals surface area contributed by atoms with E-state index >= 15 is 0 Å². The number of nitrogens with zero attached hydrogens (tertiary/aromatic N) is 4. The van der Waals surface area contributed by atoms with Gasteiger partial charge in [-0.15, -0.1) is 4.28 Å². The summed E-state index contributed by atoms with van der Waals surface area (Å²) >= 11 is 0.